The van der Waals surface area contributed by atoms with Crippen LogP contribution < -0.4 is 10.6 Å². The molecule has 1 amide bonds. The maximum absolute atomic E-state index is 11.6. The zero-order valence-electron chi connectivity index (χ0n) is 10.5. The summed E-state index contributed by atoms with van der Waals surface area (Å²) in [7, 11) is 0. The summed E-state index contributed by atoms with van der Waals surface area (Å²) < 4.78 is 0. The molecule has 0 aliphatic carbocycles. The van der Waals surface area contributed by atoms with Gasteiger partial charge >= 0.3 is 0 Å². The molecule has 0 bridgehead atoms. The van der Waals surface area contributed by atoms with Crippen molar-refractivity contribution in [3.05, 3.63) is 35.9 Å². The molecule has 5 heteroatoms. The molecule has 18 heavy (non-hydrogen) atoms. The molecule has 0 aromatic heterocycles. The number of benzene rings is 1. The number of hydrogen-bond donors (Lipinski definition) is 4. The van der Waals surface area contributed by atoms with Gasteiger partial charge in [-0.05, 0) is 12.5 Å². The number of carbonyl (C=O) groups is 1. The van der Waals surface area contributed by atoms with Crippen LogP contribution in [0.15, 0.2) is 30.3 Å². The van der Waals surface area contributed by atoms with E-state index in [1.54, 1.807) is 6.92 Å². The first-order chi connectivity index (χ1) is 8.59. The third-order valence-electron chi connectivity index (χ3n) is 2.71. The van der Waals surface area contributed by atoms with Crippen molar-refractivity contribution in [3.63, 3.8) is 0 Å². The van der Waals surface area contributed by atoms with Crippen LogP contribution in [0.3, 0.4) is 0 Å². The zero-order valence-corrected chi connectivity index (χ0v) is 10.5. The molecule has 0 saturated carbocycles. The Morgan fingerprint density at radius 2 is 1.83 bits per heavy atom. The van der Waals surface area contributed by atoms with Crippen LogP contribution in [0.1, 0.15) is 12.5 Å². The second kappa shape index (κ2) is 7.10. The lowest BCUT2D eigenvalue weighted by Crippen LogP contribution is -2.52. The molecule has 1 rings (SSSR count). The molecule has 0 fully saturated rings. The van der Waals surface area contributed by atoms with E-state index in [-0.39, 0.29) is 25.7 Å². The number of rotatable bonds is 7. The number of amides is 1. The molecule has 0 aliphatic heterocycles. The van der Waals surface area contributed by atoms with E-state index in [9.17, 15) is 4.79 Å². The summed E-state index contributed by atoms with van der Waals surface area (Å²) in [5, 5.41) is 23.7. The van der Waals surface area contributed by atoms with Gasteiger partial charge in [0, 0.05) is 6.54 Å². The lowest BCUT2D eigenvalue weighted by Gasteiger charge is -2.25. The third kappa shape index (κ3) is 4.83. The molecule has 0 aliphatic rings. The normalized spacial score (nSPS) is 11.3. The van der Waals surface area contributed by atoms with Crippen LogP contribution in [0.25, 0.3) is 0 Å². The van der Waals surface area contributed by atoms with Crippen molar-refractivity contribution >= 4 is 5.91 Å². The summed E-state index contributed by atoms with van der Waals surface area (Å²) in [6, 6.07) is 9.60. The van der Waals surface area contributed by atoms with E-state index in [0.29, 0.717) is 6.54 Å². The van der Waals surface area contributed by atoms with Gasteiger partial charge in [-0.25, -0.2) is 0 Å². The quantitative estimate of drug-likeness (QED) is 0.534. The Kier molecular flexibility index (Phi) is 5.77. The van der Waals surface area contributed by atoms with Gasteiger partial charge in [0.2, 0.25) is 5.91 Å². The number of carbonyl (C=O) groups excluding carboxylic acids is 1. The molecule has 0 heterocycles. The lowest BCUT2D eigenvalue weighted by atomic mass is 10.1. The molecule has 0 unspecified atom stereocenters. The van der Waals surface area contributed by atoms with Crippen molar-refractivity contribution in [2.75, 3.05) is 19.8 Å². The van der Waals surface area contributed by atoms with Crippen molar-refractivity contribution < 1.29 is 15.0 Å². The van der Waals surface area contributed by atoms with Crippen LogP contribution in [0.5, 0.6) is 0 Å². The molecule has 0 saturated heterocycles. The smallest absolute Gasteiger partial charge is 0.234 e. The Morgan fingerprint density at radius 1 is 1.22 bits per heavy atom. The summed E-state index contributed by atoms with van der Waals surface area (Å²) in [6.07, 6.45) is 0. The highest BCUT2D eigenvalue weighted by molar-refractivity contribution is 5.78. The largest absolute Gasteiger partial charge is 0.394 e. The highest BCUT2D eigenvalue weighted by atomic mass is 16.3. The molecule has 1 aromatic carbocycles. The minimum absolute atomic E-state index is 0.0600. The predicted molar refractivity (Wildman–Crippen MR) is 68.9 cm³/mol. The van der Waals surface area contributed by atoms with Crippen LogP contribution in [0.2, 0.25) is 0 Å². The average molecular weight is 252 g/mol. The topological polar surface area (TPSA) is 81.6 Å². The van der Waals surface area contributed by atoms with Crippen LogP contribution >= 0.6 is 0 Å². The van der Waals surface area contributed by atoms with Crippen molar-refractivity contribution in [1.82, 2.24) is 10.6 Å². The Balaban J connectivity index is 2.30. The van der Waals surface area contributed by atoms with Crippen molar-refractivity contribution in [3.8, 4) is 0 Å². The van der Waals surface area contributed by atoms with E-state index < -0.39 is 5.54 Å². The second-order valence-corrected chi connectivity index (χ2v) is 4.49. The van der Waals surface area contributed by atoms with Gasteiger partial charge in [0.1, 0.15) is 0 Å². The Hall–Kier alpha value is -1.43. The lowest BCUT2D eigenvalue weighted by molar-refractivity contribution is -0.120. The molecule has 0 spiro atoms. The minimum Gasteiger partial charge on any atom is -0.394 e. The molecule has 0 radical (unpaired) electrons. The fraction of sp³-hybridized carbons (Fsp3) is 0.462. The first-order valence-corrected chi connectivity index (χ1v) is 5.87. The molecule has 5 nitrogen and oxygen atoms in total. The van der Waals surface area contributed by atoms with Crippen molar-refractivity contribution in [2.45, 2.75) is 19.0 Å². The highest BCUT2D eigenvalue weighted by Crippen LogP contribution is 2.00. The Morgan fingerprint density at radius 3 is 2.39 bits per heavy atom. The first-order valence-electron chi connectivity index (χ1n) is 5.87. The van der Waals surface area contributed by atoms with E-state index in [1.165, 1.54) is 0 Å². The molecule has 4 N–H and O–H groups in total. The van der Waals surface area contributed by atoms with E-state index in [0.717, 1.165) is 5.56 Å². The van der Waals surface area contributed by atoms with Crippen LogP contribution in [0, 0.1) is 0 Å². The van der Waals surface area contributed by atoms with Gasteiger partial charge in [0.05, 0.1) is 25.3 Å². The molecule has 1 aromatic rings. The maximum atomic E-state index is 11.6. The van der Waals surface area contributed by atoms with Gasteiger partial charge in [0.15, 0.2) is 0 Å². The number of hydrogen-bond acceptors (Lipinski definition) is 4. The standard InChI is InChI=1S/C13H20N2O3/c1-13(9-16,10-17)15-8-12(18)14-7-11-5-3-2-4-6-11/h2-6,15-17H,7-10H2,1H3,(H,14,18). The predicted octanol–water partition coefficient (Wildman–Crippen LogP) is -0.364. The average Bonchev–Trinajstić information content (AvgIpc) is 2.43. The van der Waals surface area contributed by atoms with Gasteiger partial charge in [0.25, 0.3) is 0 Å². The van der Waals surface area contributed by atoms with Crippen LogP contribution in [-0.4, -0.2) is 41.4 Å². The van der Waals surface area contributed by atoms with Gasteiger partial charge in [-0.3, -0.25) is 10.1 Å². The highest BCUT2D eigenvalue weighted by Gasteiger charge is 2.22. The first kappa shape index (κ1) is 14.6. The Bertz CT molecular complexity index is 364. The van der Waals surface area contributed by atoms with E-state index >= 15 is 0 Å². The number of aliphatic hydroxyl groups is 2. The van der Waals surface area contributed by atoms with Gasteiger partial charge in [-0.2, -0.15) is 0 Å². The number of aliphatic hydroxyl groups excluding tert-OH is 2. The van der Waals surface area contributed by atoms with Gasteiger partial charge < -0.3 is 15.5 Å². The van der Waals surface area contributed by atoms with Crippen molar-refractivity contribution in [1.29, 1.82) is 0 Å². The van der Waals surface area contributed by atoms with Gasteiger partial charge in [-0.15, -0.1) is 0 Å². The van der Waals surface area contributed by atoms with E-state index in [2.05, 4.69) is 10.6 Å². The summed E-state index contributed by atoms with van der Waals surface area (Å²) in [6.45, 7) is 1.73. The third-order valence-corrected chi connectivity index (χ3v) is 2.71. The molecular weight excluding hydrogens is 232 g/mol. The summed E-state index contributed by atoms with van der Waals surface area (Å²) in [4.78, 5) is 11.6. The summed E-state index contributed by atoms with van der Waals surface area (Å²) in [5.74, 6) is -0.174. The number of nitrogens with one attached hydrogen (secondary N) is 2. The van der Waals surface area contributed by atoms with Crippen molar-refractivity contribution in [2.24, 2.45) is 0 Å². The maximum Gasteiger partial charge on any atom is 0.234 e. The van der Waals surface area contributed by atoms with Crippen LogP contribution in [0.4, 0.5) is 0 Å². The molecular formula is C13H20N2O3. The van der Waals surface area contributed by atoms with Gasteiger partial charge in [-0.1, -0.05) is 30.3 Å². The molecule has 100 valence electrons. The summed E-state index contributed by atoms with van der Waals surface area (Å²) >= 11 is 0. The summed E-state index contributed by atoms with van der Waals surface area (Å²) in [5.41, 5.74) is 0.197. The zero-order chi connectivity index (χ0) is 13.4. The van der Waals surface area contributed by atoms with E-state index in [4.69, 9.17) is 10.2 Å². The fourth-order valence-corrected chi connectivity index (χ4v) is 1.31. The fourth-order valence-electron chi connectivity index (χ4n) is 1.31. The van der Waals surface area contributed by atoms with E-state index in [1.807, 2.05) is 30.3 Å². The SMILES string of the molecule is CC(CO)(CO)NCC(=O)NCc1ccccc1. The molecule has 0 atom stereocenters. The monoisotopic (exact) mass is 252 g/mol. The minimum atomic E-state index is -0.829. The second-order valence-electron chi connectivity index (χ2n) is 4.49. The Labute approximate surface area is 107 Å². The van der Waals surface area contributed by atoms with Crippen LogP contribution in [-0.2, 0) is 11.3 Å².